The van der Waals surface area contributed by atoms with Crippen LogP contribution in [0.1, 0.15) is 31.8 Å². The number of aryl methyl sites for hydroxylation is 1. The summed E-state index contributed by atoms with van der Waals surface area (Å²) in [6.45, 7) is 1.79. The molecule has 0 aliphatic heterocycles. The summed E-state index contributed by atoms with van der Waals surface area (Å²) in [6.07, 6.45) is 0. The zero-order valence-corrected chi connectivity index (χ0v) is 10.8. The Labute approximate surface area is 111 Å². The Kier molecular flexibility index (Phi) is 3.76. The molecule has 0 aliphatic carbocycles. The molecule has 0 saturated carbocycles. The summed E-state index contributed by atoms with van der Waals surface area (Å²) in [5.41, 5.74) is 1.99. The van der Waals surface area contributed by atoms with Crippen molar-refractivity contribution in [2.24, 2.45) is 0 Å². The molecule has 0 fully saturated rings. The summed E-state index contributed by atoms with van der Waals surface area (Å²) < 4.78 is 4.75. The average molecular weight is 254 g/mol. The fraction of sp³-hybridized carbons (Fsp3) is 0.125. The van der Waals surface area contributed by atoms with Crippen molar-refractivity contribution in [2.45, 2.75) is 6.92 Å². The number of hydrogen-bond donors (Lipinski definition) is 0. The van der Waals surface area contributed by atoms with Crippen molar-refractivity contribution >= 4 is 11.8 Å². The van der Waals surface area contributed by atoms with Gasteiger partial charge in [-0.15, -0.1) is 0 Å². The number of esters is 1. The molecule has 0 saturated heterocycles. The van der Waals surface area contributed by atoms with Gasteiger partial charge in [-0.25, -0.2) is 4.79 Å². The van der Waals surface area contributed by atoms with E-state index in [0.717, 1.165) is 5.56 Å². The maximum atomic E-state index is 12.4. The van der Waals surface area contributed by atoms with Gasteiger partial charge in [0.2, 0.25) is 0 Å². The fourth-order valence-electron chi connectivity index (χ4n) is 1.98. The molecule has 0 bridgehead atoms. The Bertz CT molecular complexity index is 615. The molecule has 0 N–H and O–H groups in total. The van der Waals surface area contributed by atoms with Gasteiger partial charge in [-0.2, -0.15) is 0 Å². The molecule has 2 rings (SSSR count). The molecule has 2 aromatic rings. The topological polar surface area (TPSA) is 43.4 Å². The van der Waals surface area contributed by atoms with Gasteiger partial charge in [0.1, 0.15) is 0 Å². The number of ketones is 1. The van der Waals surface area contributed by atoms with Crippen molar-refractivity contribution < 1.29 is 14.3 Å². The van der Waals surface area contributed by atoms with E-state index in [2.05, 4.69) is 0 Å². The monoisotopic (exact) mass is 254 g/mol. The molecular weight excluding hydrogens is 240 g/mol. The number of methoxy groups -OCH3 is 1. The van der Waals surface area contributed by atoms with E-state index in [-0.39, 0.29) is 5.78 Å². The molecular formula is C16H14O3. The van der Waals surface area contributed by atoms with Gasteiger partial charge in [-0.05, 0) is 12.5 Å². The molecule has 0 radical (unpaired) electrons. The van der Waals surface area contributed by atoms with Crippen LogP contribution < -0.4 is 0 Å². The second-order valence-electron chi connectivity index (χ2n) is 4.18. The summed E-state index contributed by atoms with van der Waals surface area (Å²) in [6, 6.07) is 14.1. The van der Waals surface area contributed by atoms with Crippen LogP contribution in [0.3, 0.4) is 0 Å². The van der Waals surface area contributed by atoms with Crippen molar-refractivity contribution in [3.8, 4) is 0 Å². The lowest BCUT2D eigenvalue weighted by atomic mass is 9.95. The van der Waals surface area contributed by atoms with E-state index in [0.29, 0.717) is 16.7 Å². The van der Waals surface area contributed by atoms with Gasteiger partial charge < -0.3 is 4.74 Å². The molecule has 3 nitrogen and oxygen atoms in total. The van der Waals surface area contributed by atoms with Crippen LogP contribution in [-0.2, 0) is 4.74 Å². The average Bonchev–Trinajstić information content (AvgIpc) is 2.46. The largest absolute Gasteiger partial charge is 0.465 e. The SMILES string of the molecule is COC(=O)c1c(C)cccc1C(=O)c1ccccc1. The Morgan fingerprint density at radius 2 is 1.63 bits per heavy atom. The molecule has 2 aromatic carbocycles. The van der Waals surface area contributed by atoms with E-state index in [1.807, 2.05) is 6.07 Å². The Morgan fingerprint density at radius 3 is 2.26 bits per heavy atom. The van der Waals surface area contributed by atoms with Gasteiger partial charge in [-0.3, -0.25) is 4.79 Å². The molecule has 19 heavy (non-hydrogen) atoms. The first-order valence-corrected chi connectivity index (χ1v) is 5.93. The third-order valence-corrected chi connectivity index (χ3v) is 2.94. The first-order chi connectivity index (χ1) is 9.15. The van der Waals surface area contributed by atoms with E-state index in [9.17, 15) is 9.59 Å². The molecule has 0 atom stereocenters. The van der Waals surface area contributed by atoms with Crippen LogP contribution in [0.2, 0.25) is 0 Å². The maximum absolute atomic E-state index is 12.4. The molecule has 96 valence electrons. The van der Waals surface area contributed by atoms with Gasteiger partial charge in [0.05, 0.1) is 12.7 Å². The summed E-state index contributed by atoms with van der Waals surface area (Å²) in [7, 11) is 1.31. The predicted octanol–water partition coefficient (Wildman–Crippen LogP) is 3.01. The highest BCUT2D eigenvalue weighted by Crippen LogP contribution is 2.19. The minimum Gasteiger partial charge on any atom is -0.465 e. The van der Waals surface area contributed by atoms with Crippen molar-refractivity contribution in [1.82, 2.24) is 0 Å². The first-order valence-electron chi connectivity index (χ1n) is 5.93. The molecule has 0 spiro atoms. The summed E-state index contributed by atoms with van der Waals surface area (Å²) in [5.74, 6) is -0.665. The highest BCUT2D eigenvalue weighted by molar-refractivity contribution is 6.14. The van der Waals surface area contributed by atoms with Gasteiger partial charge in [0, 0.05) is 11.1 Å². The normalized spacial score (nSPS) is 10.0. The standard InChI is InChI=1S/C16H14O3/c1-11-7-6-10-13(14(11)16(18)19-2)15(17)12-8-4-3-5-9-12/h3-10H,1-2H3. The number of hydrogen-bond acceptors (Lipinski definition) is 3. The van der Waals surface area contributed by atoms with Gasteiger partial charge in [0.15, 0.2) is 5.78 Å². The number of ether oxygens (including phenoxy) is 1. The van der Waals surface area contributed by atoms with Crippen LogP contribution in [0.15, 0.2) is 48.5 Å². The van der Waals surface area contributed by atoms with Crippen molar-refractivity contribution in [2.75, 3.05) is 7.11 Å². The van der Waals surface area contributed by atoms with E-state index in [1.54, 1.807) is 49.4 Å². The van der Waals surface area contributed by atoms with Gasteiger partial charge in [0.25, 0.3) is 0 Å². The van der Waals surface area contributed by atoms with Crippen molar-refractivity contribution in [3.05, 3.63) is 70.8 Å². The Morgan fingerprint density at radius 1 is 0.947 bits per heavy atom. The quantitative estimate of drug-likeness (QED) is 0.624. The van der Waals surface area contributed by atoms with E-state index >= 15 is 0 Å². The van der Waals surface area contributed by atoms with Crippen molar-refractivity contribution in [1.29, 1.82) is 0 Å². The third-order valence-electron chi connectivity index (χ3n) is 2.94. The van der Waals surface area contributed by atoms with Crippen LogP contribution in [0.25, 0.3) is 0 Å². The van der Waals surface area contributed by atoms with Crippen LogP contribution in [0, 0.1) is 6.92 Å². The fourth-order valence-corrected chi connectivity index (χ4v) is 1.98. The van der Waals surface area contributed by atoms with E-state index in [1.165, 1.54) is 7.11 Å². The van der Waals surface area contributed by atoms with Crippen LogP contribution in [-0.4, -0.2) is 18.9 Å². The summed E-state index contributed by atoms with van der Waals surface area (Å²) in [5, 5.41) is 0. The van der Waals surface area contributed by atoms with E-state index in [4.69, 9.17) is 4.74 Å². The number of carbonyl (C=O) groups is 2. The number of benzene rings is 2. The zero-order valence-electron chi connectivity index (χ0n) is 10.8. The van der Waals surface area contributed by atoms with Crippen LogP contribution >= 0.6 is 0 Å². The highest BCUT2D eigenvalue weighted by Gasteiger charge is 2.20. The Hall–Kier alpha value is -2.42. The highest BCUT2D eigenvalue weighted by atomic mass is 16.5. The third kappa shape index (κ3) is 2.55. The number of carbonyl (C=O) groups excluding carboxylic acids is 2. The second-order valence-corrected chi connectivity index (χ2v) is 4.18. The molecule has 3 heteroatoms. The minimum absolute atomic E-state index is 0.176. The lowest BCUT2D eigenvalue weighted by Crippen LogP contribution is -2.13. The van der Waals surface area contributed by atoms with E-state index < -0.39 is 5.97 Å². The predicted molar refractivity (Wildman–Crippen MR) is 72.4 cm³/mol. The first kappa shape index (κ1) is 13.0. The molecule has 0 aliphatic rings. The molecule has 0 heterocycles. The summed E-state index contributed by atoms with van der Waals surface area (Å²) >= 11 is 0. The second kappa shape index (κ2) is 5.48. The van der Waals surface area contributed by atoms with Crippen LogP contribution in [0.5, 0.6) is 0 Å². The lowest BCUT2D eigenvalue weighted by Gasteiger charge is -2.09. The van der Waals surface area contributed by atoms with Crippen LogP contribution in [0.4, 0.5) is 0 Å². The molecule has 0 amide bonds. The lowest BCUT2D eigenvalue weighted by molar-refractivity contribution is 0.0596. The molecule has 0 aromatic heterocycles. The van der Waals surface area contributed by atoms with Gasteiger partial charge >= 0.3 is 5.97 Å². The number of rotatable bonds is 3. The summed E-state index contributed by atoms with van der Waals surface area (Å²) in [4.78, 5) is 24.2. The molecule has 0 unspecified atom stereocenters. The van der Waals surface area contributed by atoms with Gasteiger partial charge in [-0.1, -0.05) is 48.5 Å². The zero-order chi connectivity index (χ0) is 13.8. The maximum Gasteiger partial charge on any atom is 0.338 e. The minimum atomic E-state index is -0.489. The Balaban J connectivity index is 2.54. The van der Waals surface area contributed by atoms with Crippen molar-refractivity contribution in [3.63, 3.8) is 0 Å². The smallest absolute Gasteiger partial charge is 0.338 e.